The lowest BCUT2D eigenvalue weighted by Gasteiger charge is -2.22. The van der Waals surface area contributed by atoms with Crippen LogP contribution in [0.25, 0.3) is 0 Å². The van der Waals surface area contributed by atoms with Crippen LogP contribution in [0.1, 0.15) is 18.9 Å². The second-order valence-corrected chi connectivity index (χ2v) is 6.65. The van der Waals surface area contributed by atoms with Crippen molar-refractivity contribution in [3.63, 3.8) is 0 Å². The van der Waals surface area contributed by atoms with E-state index in [1.165, 1.54) is 4.90 Å². The Morgan fingerprint density at radius 2 is 1.77 bits per heavy atom. The van der Waals surface area contributed by atoms with Crippen LogP contribution in [0.2, 0.25) is 5.02 Å². The van der Waals surface area contributed by atoms with Crippen LogP contribution in [0, 0.1) is 18.3 Å². The summed E-state index contributed by atoms with van der Waals surface area (Å²) >= 11 is 5.95. The lowest BCUT2D eigenvalue weighted by atomic mass is 10.2. The molecule has 0 unspecified atom stereocenters. The fraction of sp³-hybridized carbons (Fsp3) is 0.318. The Labute approximate surface area is 180 Å². The number of halogens is 1. The first kappa shape index (κ1) is 23.0. The van der Waals surface area contributed by atoms with Gasteiger partial charge in [0.1, 0.15) is 11.5 Å². The fourth-order valence-corrected chi connectivity index (χ4v) is 2.68. The van der Waals surface area contributed by atoms with Crippen molar-refractivity contribution in [3.8, 4) is 17.6 Å². The Balaban J connectivity index is 1.91. The number of anilines is 1. The van der Waals surface area contributed by atoms with Crippen LogP contribution in [-0.4, -0.2) is 38.2 Å². The van der Waals surface area contributed by atoms with Crippen molar-refractivity contribution in [2.45, 2.75) is 20.3 Å². The first-order valence-corrected chi connectivity index (χ1v) is 9.77. The Bertz CT molecular complexity index is 909. The molecule has 0 N–H and O–H groups in total. The van der Waals surface area contributed by atoms with Gasteiger partial charge in [0.25, 0.3) is 5.91 Å². The van der Waals surface area contributed by atoms with Crippen LogP contribution < -0.4 is 14.4 Å². The van der Waals surface area contributed by atoms with E-state index in [4.69, 9.17) is 31.1 Å². The third-order valence-corrected chi connectivity index (χ3v) is 4.47. The Kier molecular flexibility index (Phi) is 8.98. The van der Waals surface area contributed by atoms with E-state index in [9.17, 15) is 9.59 Å². The topological polar surface area (TPSA) is 88.9 Å². The van der Waals surface area contributed by atoms with Gasteiger partial charge in [-0.1, -0.05) is 11.6 Å². The molecule has 2 aromatic rings. The van der Waals surface area contributed by atoms with Crippen LogP contribution in [0.4, 0.5) is 5.69 Å². The highest BCUT2D eigenvalue weighted by atomic mass is 35.5. The van der Waals surface area contributed by atoms with Gasteiger partial charge in [-0.05, 0) is 61.9 Å². The van der Waals surface area contributed by atoms with E-state index in [2.05, 4.69) is 0 Å². The summed E-state index contributed by atoms with van der Waals surface area (Å²) in [6.45, 7) is 3.62. The van der Waals surface area contributed by atoms with E-state index in [0.29, 0.717) is 28.8 Å². The summed E-state index contributed by atoms with van der Waals surface area (Å²) in [5.74, 6) is 0.0353. The maximum absolute atomic E-state index is 12.6. The summed E-state index contributed by atoms with van der Waals surface area (Å²) in [5.41, 5.74) is 1.41. The second kappa shape index (κ2) is 11.7. The van der Waals surface area contributed by atoms with Gasteiger partial charge in [0, 0.05) is 17.3 Å². The zero-order valence-electron chi connectivity index (χ0n) is 16.9. The number of benzene rings is 2. The molecule has 7 nitrogen and oxygen atoms in total. The number of hydrogen-bond acceptors (Lipinski definition) is 6. The summed E-state index contributed by atoms with van der Waals surface area (Å²) in [7, 11) is 0. The number of aryl methyl sites for hydroxylation is 1. The van der Waals surface area contributed by atoms with Gasteiger partial charge in [-0.15, -0.1) is 0 Å². The van der Waals surface area contributed by atoms with Gasteiger partial charge in [-0.3, -0.25) is 4.79 Å². The number of nitriles is 1. The summed E-state index contributed by atoms with van der Waals surface area (Å²) in [6.07, 6.45) is 0.145. The molecule has 0 aliphatic rings. The lowest BCUT2D eigenvalue weighted by Crippen LogP contribution is -2.36. The Morgan fingerprint density at radius 3 is 2.40 bits per heavy atom. The van der Waals surface area contributed by atoms with Crippen molar-refractivity contribution in [3.05, 3.63) is 53.1 Å². The van der Waals surface area contributed by atoms with Crippen LogP contribution in [0.3, 0.4) is 0 Å². The molecular formula is C22H23ClN2O5. The molecule has 2 aromatic carbocycles. The number of hydrogen-bond donors (Lipinski definition) is 0. The van der Waals surface area contributed by atoms with Crippen molar-refractivity contribution < 1.29 is 23.8 Å². The van der Waals surface area contributed by atoms with E-state index in [1.807, 2.05) is 19.9 Å². The van der Waals surface area contributed by atoms with Gasteiger partial charge in [0.2, 0.25) is 0 Å². The zero-order chi connectivity index (χ0) is 21.9. The maximum Gasteiger partial charge on any atom is 0.344 e. The van der Waals surface area contributed by atoms with Gasteiger partial charge in [0.05, 0.1) is 19.1 Å². The Hall–Kier alpha value is -3.24. The van der Waals surface area contributed by atoms with E-state index in [-0.39, 0.29) is 19.6 Å². The number of carbonyl (C=O) groups excluding carboxylic acids is 2. The molecule has 0 aromatic heterocycles. The standard InChI is InChI=1S/C22H23ClN2O5/c1-3-28-18-7-5-17(6-8-18)25(12-4-11-24)21(26)14-30-22(27)15-29-19-9-10-20(23)16(2)13-19/h5-10,13H,3-4,12,14-15H2,1-2H3. The molecule has 0 radical (unpaired) electrons. The predicted molar refractivity (Wildman–Crippen MR) is 113 cm³/mol. The molecule has 2 rings (SSSR count). The molecule has 0 spiro atoms. The van der Waals surface area contributed by atoms with Gasteiger partial charge < -0.3 is 19.1 Å². The number of esters is 1. The lowest BCUT2D eigenvalue weighted by molar-refractivity contribution is -0.149. The normalized spacial score (nSPS) is 10.1. The van der Waals surface area contributed by atoms with E-state index in [0.717, 1.165) is 5.56 Å². The molecule has 8 heteroatoms. The van der Waals surface area contributed by atoms with Crippen LogP contribution in [-0.2, 0) is 14.3 Å². The van der Waals surface area contributed by atoms with Crippen molar-refractivity contribution >= 4 is 29.2 Å². The number of amides is 1. The first-order valence-electron chi connectivity index (χ1n) is 9.39. The molecule has 30 heavy (non-hydrogen) atoms. The quantitative estimate of drug-likeness (QED) is 0.531. The predicted octanol–water partition coefficient (Wildman–Crippen LogP) is 3.92. The van der Waals surface area contributed by atoms with E-state index >= 15 is 0 Å². The minimum atomic E-state index is -0.678. The molecule has 0 saturated carbocycles. The largest absolute Gasteiger partial charge is 0.494 e. The number of nitrogens with zero attached hydrogens (tertiary/aromatic N) is 2. The third kappa shape index (κ3) is 6.98. The second-order valence-electron chi connectivity index (χ2n) is 6.24. The van der Waals surface area contributed by atoms with E-state index in [1.54, 1.807) is 42.5 Å². The molecular weight excluding hydrogens is 408 g/mol. The number of rotatable bonds is 10. The van der Waals surface area contributed by atoms with Crippen molar-refractivity contribution in [1.29, 1.82) is 5.26 Å². The van der Waals surface area contributed by atoms with Gasteiger partial charge in [0.15, 0.2) is 13.2 Å². The summed E-state index contributed by atoms with van der Waals surface area (Å²) in [6, 6.07) is 13.9. The van der Waals surface area contributed by atoms with Crippen LogP contribution >= 0.6 is 11.6 Å². The minimum absolute atomic E-state index is 0.145. The Morgan fingerprint density at radius 1 is 1.07 bits per heavy atom. The van der Waals surface area contributed by atoms with Gasteiger partial charge in [-0.2, -0.15) is 5.26 Å². The van der Waals surface area contributed by atoms with Crippen LogP contribution in [0.5, 0.6) is 11.5 Å². The molecule has 1 amide bonds. The molecule has 0 aliphatic carbocycles. The first-order chi connectivity index (χ1) is 14.4. The minimum Gasteiger partial charge on any atom is -0.494 e. The maximum atomic E-state index is 12.6. The highest BCUT2D eigenvalue weighted by molar-refractivity contribution is 6.31. The smallest absolute Gasteiger partial charge is 0.344 e. The number of carbonyl (C=O) groups is 2. The van der Waals surface area contributed by atoms with Gasteiger partial charge in [-0.25, -0.2) is 4.79 Å². The molecule has 0 aliphatic heterocycles. The zero-order valence-corrected chi connectivity index (χ0v) is 17.6. The molecule has 0 bridgehead atoms. The summed E-state index contributed by atoms with van der Waals surface area (Å²) < 4.78 is 15.8. The average molecular weight is 431 g/mol. The van der Waals surface area contributed by atoms with Crippen LogP contribution in [0.15, 0.2) is 42.5 Å². The monoisotopic (exact) mass is 430 g/mol. The van der Waals surface area contributed by atoms with Gasteiger partial charge >= 0.3 is 5.97 Å². The summed E-state index contributed by atoms with van der Waals surface area (Å²) in [4.78, 5) is 25.9. The highest BCUT2D eigenvalue weighted by Gasteiger charge is 2.18. The van der Waals surface area contributed by atoms with Crippen molar-refractivity contribution in [1.82, 2.24) is 0 Å². The molecule has 0 heterocycles. The van der Waals surface area contributed by atoms with E-state index < -0.39 is 18.5 Å². The van der Waals surface area contributed by atoms with Crippen molar-refractivity contribution in [2.75, 3.05) is 31.3 Å². The molecule has 0 saturated heterocycles. The molecule has 158 valence electrons. The fourth-order valence-electron chi connectivity index (χ4n) is 2.56. The molecule has 0 atom stereocenters. The third-order valence-electron chi connectivity index (χ3n) is 4.05. The number of ether oxygens (including phenoxy) is 3. The molecule has 0 fully saturated rings. The SMILES string of the molecule is CCOc1ccc(N(CCC#N)C(=O)COC(=O)COc2ccc(Cl)c(C)c2)cc1. The average Bonchev–Trinajstić information content (AvgIpc) is 2.74. The van der Waals surface area contributed by atoms with Crippen molar-refractivity contribution in [2.24, 2.45) is 0 Å². The highest BCUT2D eigenvalue weighted by Crippen LogP contribution is 2.21. The summed E-state index contributed by atoms with van der Waals surface area (Å²) in [5, 5.41) is 9.47.